The number of rotatable bonds is 5. The summed E-state index contributed by atoms with van der Waals surface area (Å²) in [6.45, 7) is 2.31. The molecular weight excluding hydrogens is 295 g/mol. The topological polar surface area (TPSA) is 43.8 Å². The Labute approximate surface area is 136 Å². The van der Waals surface area contributed by atoms with Gasteiger partial charge in [0.1, 0.15) is 5.82 Å². The summed E-state index contributed by atoms with van der Waals surface area (Å²) < 4.78 is 13.1. The number of aliphatic hydroxyl groups excluding tert-OH is 1. The maximum absolute atomic E-state index is 13.1. The van der Waals surface area contributed by atoms with Gasteiger partial charge in [-0.25, -0.2) is 4.39 Å². The Kier molecular flexibility index (Phi) is 4.43. The summed E-state index contributed by atoms with van der Waals surface area (Å²) in [5, 5.41) is 9.62. The molecule has 1 saturated heterocycles. The van der Waals surface area contributed by atoms with E-state index in [4.69, 9.17) is 0 Å². The molecule has 1 aliphatic heterocycles. The molecule has 2 atom stereocenters. The third kappa shape index (κ3) is 3.12. The SMILES string of the molecule is CN(C)C[C@@H]1CN(C(=O)C2(c3ccc(F)cc3)CC2)C[C@@H]1CO. The van der Waals surface area contributed by atoms with Gasteiger partial charge in [0.25, 0.3) is 0 Å². The number of carbonyl (C=O) groups is 1. The van der Waals surface area contributed by atoms with Crippen LogP contribution in [0.3, 0.4) is 0 Å². The first-order valence-corrected chi connectivity index (χ1v) is 8.27. The predicted octanol–water partition coefficient (Wildman–Crippen LogP) is 1.49. The smallest absolute Gasteiger partial charge is 0.233 e. The molecule has 1 aromatic carbocycles. The number of halogens is 1. The lowest BCUT2D eigenvalue weighted by Gasteiger charge is -2.24. The van der Waals surface area contributed by atoms with E-state index in [0.717, 1.165) is 24.9 Å². The second-order valence-corrected chi connectivity index (χ2v) is 7.26. The summed E-state index contributed by atoms with van der Waals surface area (Å²) in [5.74, 6) is 0.321. The molecule has 1 N–H and O–H groups in total. The molecule has 0 radical (unpaired) electrons. The number of likely N-dealkylation sites (tertiary alicyclic amines) is 1. The Morgan fingerprint density at radius 3 is 2.39 bits per heavy atom. The zero-order valence-electron chi connectivity index (χ0n) is 13.8. The van der Waals surface area contributed by atoms with E-state index >= 15 is 0 Å². The molecular formula is C18H25FN2O2. The number of aliphatic hydroxyl groups is 1. The van der Waals surface area contributed by atoms with E-state index in [2.05, 4.69) is 4.90 Å². The molecule has 0 unspecified atom stereocenters. The third-order valence-electron chi connectivity index (χ3n) is 5.25. The van der Waals surface area contributed by atoms with E-state index in [9.17, 15) is 14.3 Å². The van der Waals surface area contributed by atoms with Crippen molar-refractivity contribution in [2.75, 3.05) is 40.3 Å². The van der Waals surface area contributed by atoms with Crippen LogP contribution in [0.2, 0.25) is 0 Å². The number of carbonyl (C=O) groups excluding carboxylic acids is 1. The van der Waals surface area contributed by atoms with E-state index in [1.165, 1.54) is 12.1 Å². The highest BCUT2D eigenvalue weighted by Gasteiger charge is 2.54. The average Bonchev–Trinajstić information content (AvgIpc) is 3.23. The van der Waals surface area contributed by atoms with Crippen LogP contribution in [0.15, 0.2) is 24.3 Å². The summed E-state index contributed by atoms with van der Waals surface area (Å²) in [6, 6.07) is 6.32. The number of nitrogens with zero attached hydrogens (tertiary/aromatic N) is 2. The van der Waals surface area contributed by atoms with Crippen LogP contribution in [0.4, 0.5) is 4.39 Å². The van der Waals surface area contributed by atoms with Crippen molar-refractivity contribution < 1.29 is 14.3 Å². The molecule has 4 nitrogen and oxygen atoms in total. The number of hydrogen-bond donors (Lipinski definition) is 1. The average molecular weight is 320 g/mol. The van der Waals surface area contributed by atoms with Gasteiger partial charge in [-0.15, -0.1) is 0 Å². The maximum atomic E-state index is 13.1. The van der Waals surface area contributed by atoms with Gasteiger partial charge >= 0.3 is 0 Å². The van der Waals surface area contributed by atoms with Crippen molar-refractivity contribution >= 4 is 5.91 Å². The highest BCUT2D eigenvalue weighted by Crippen LogP contribution is 2.50. The van der Waals surface area contributed by atoms with Crippen molar-refractivity contribution in [2.24, 2.45) is 11.8 Å². The molecule has 23 heavy (non-hydrogen) atoms. The molecule has 1 aliphatic carbocycles. The lowest BCUT2D eigenvalue weighted by Crippen LogP contribution is -2.38. The van der Waals surface area contributed by atoms with Gasteiger partial charge in [0.15, 0.2) is 0 Å². The van der Waals surface area contributed by atoms with Crippen molar-refractivity contribution in [3.63, 3.8) is 0 Å². The number of hydrogen-bond acceptors (Lipinski definition) is 3. The minimum atomic E-state index is -0.458. The van der Waals surface area contributed by atoms with Crippen molar-refractivity contribution in [3.05, 3.63) is 35.6 Å². The molecule has 3 rings (SSSR count). The zero-order valence-corrected chi connectivity index (χ0v) is 13.8. The predicted molar refractivity (Wildman–Crippen MR) is 86.5 cm³/mol. The second kappa shape index (κ2) is 6.21. The van der Waals surface area contributed by atoms with Crippen LogP contribution in [0.1, 0.15) is 18.4 Å². The first-order valence-electron chi connectivity index (χ1n) is 8.27. The van der Waals surface area contributed by atoms with Gasteiger partial charge in [-0.2, -0.15) is 0 Å². The standard InChI is InChI=1S/C18H25FN2O2/c1-20(2)9-13-10-21(11-14(13)12-22)17(23)18(7-8-18)15-3-5-16(19)6-4-15/h3-6,13-14,22H,7-12H2,1-2H3/t13-,14-/m1/s1. The van der Waals surface area contributed by atoms with E-state index in [1.54, 1.807) is 12.1 Å². The molecule has 1 saturated carbocycles. The number of benzene rings is 1. The van der Waals surface area contributed by atoms with Gasteiger partial charge in [0.2, 0.25) is 5.91 Å². The highest BCUT2D eigenvalue weighted by molar-refractivity contribution is 5.91. The van der Waals surface area contributed by atoms with Crippen molar-refractivity contribution in [1.29, 1.82) is 0 Å². The quantitative estimate of drug-likeness (QED) is 0.894. The van der Waals surface area contributed by atoms with Crippen LogP contribution in [0.25, 0.3) is 0 Å². The van der Waals surface area contributed by atoms with Crippen molar-refractivity contribution in [2.45, 2.75) is 18.3 Å². The fourth-order valence-electron chi connectivity index (χ4n) is 3.81. The van der Waals surface area contributed by atoms with Gasteiger partial charge in [-0.05, 0) is 50.6 Å². The lowest BCUT2D eigenvalue weighted by molar-refractivity contribution is -0.133. The van der Waals surface area contributed by atoms with Gasteiger partial charge < -0.3 is 14.9 Å². The minimum absolute atomic E-state index is 0.117. The molecule has 0 spiro atoms. The Morgan fingerprint density at radius 1 is 1.26 bits per heavy atom. The van der Waals surface area contributed by atoms with Crippen LogP contribution >= 0.6 is 0 Å². The molecule has 0 bridgehead atoms. The molecule has 2 fully saturated rings. The van der Waals surface area contributed by atoms with Crippen molar-refractivity contribution in [1.82, 2.24) is 9.80 Å². The van der Waals surface area contributed by atoms with Crippen LogP contribution in [-0.2, 0) is 10.2 Å². The first-order chi connectivity index (χ1) is 11.0. The zero-order chi connectivity index (χ0) is 16.6. The first kappa shape index (κ1) is 16.4. The van der Waals surface area contributed by atoms with Gasteiger partial charge in [0, 0.05) is 32.2 Å². The fraction of sp³-hybridized carbons (Fsp3) is 0.611. The van der Waals surface area contributed by atoms with Crippen molar-refractivity contribution in [3.8, 4) is 0 Å². The normalized spacial score (nSPS) is 25.9. The van der Waals surface area contributed by atoms with Crippen LogP contribution in [-0.4, -0.2) is 61.2 Å². The third-order valence-corrected chi connectivity index (χ3v) is 5.25. The molecule has 2 aliphatic rings. The van der Waals surface area contributed by atoms with Crippen LogP contribution in [0, 0.1) is 17.7 Å². The molecule has 1 aromatic rings. The van der Waals surface area contributed by atoms with E-state index < -0.39 is 5.41 Å². The lowest BCUT2D eigenvalue weighted by atomic mass is 9.94. The summed E-state index contributed by atoms with van der Waals surface area (Å²) >= 11 is 0. The second-order valence-electron chi connectivity index (χ2n) is 7.26. The fourth-order valence-corrected chi connectivity index (χ4v) is 3.81. The van der Waals surface area contributed by atoms with E-state index in [1.807, 2.05) is 19.0 Å². The summed E-state index contributed by atoms with van der Waals surface area (Å²) in [5.41, 5.74) is 0.460. The highest BCUT2D eigenvalue weighted by atomic mass is 19.1. The summed E-state index contributed by atoms with van der Waals surface area (Å²) in [6.07, 6.45) is 1.66. The Hall–Kier alpha value is -1.46. The number of amides is 1. The largest absolute Gasteiger partial charge is 0.396 e. The van der Waals surface area contributed by atoms with Gasteiger partial charge in [-0.3, -0.25) is 4.79 Å². The van der Waals surface area contributed by atoms with Crippen LogP contribution in [0.5, 0.6) is 0 Å². The Balaban J connectivity index is 1.74. The monoisotopic (exact) mass is 320 g/mol. The van der Waals surface area contributed by atoms with E-state index in [0.29, 0.717) is 19.0 Å². The van der Waals surface area contributed by atoms with Gasteiger partial charge in [0.05, 0.1) is 5.41 Å². The van der Waals surface area contributed by atoms with E-state index in [-0.39, 0.29) is 24.2 Å². The Morgan fingerprint density at radius 2 is 1.87 bits per heavy atom. The Bertz CT molecular complexity index is 569. The molecule has 126 valence electrons. The maximum Gasteiger partial charge on any atom is 0.233 e. The molecule has 1 heterocycles. The van der Waals surface area contributed by atoms with Gasteiger partial charge in [-0.1, -0.05) is 12.1 Å². The molecule has 1 amide bonds. The molecule has 0 aromatic heterocycles. The molecule has 5 heteroatoms. The van der Waals surface area contributed by atoms with Crippen LogP contribution < -0.4 is 0 Å². The summed E-state index contributed by atoms with van der Waals surface area (Å²) in [7, 11) is 4.03. The summed E-state index contributed by atoms with van der Waals surface area (Å²) in [4.78, 5) is 17.1. The minimum Gasteiger partial charge on any atom is -0.396 e.